The number of rotatable bonds is 5. The Labute approximate surface area is 148 Å². The molecule has 2 aromatic carbocycles. The van der Waals surface area contributed by atoms with Crippen LogP contribution in [0.2, 0.25) is 0 Å². The van der Waals surface area contributed by atoms with Gasteiger partial charge in [-0.3, -0.25) is 0 Å². The van der Waals surface area contributed by atoms with Gasteiger partial charge in [-0.15, -0.1) is 0 Å². The van der Waals surface area contributed by atoms with Crippen LogP contribution in [0.3, 0.4) is 0 Å². The number of hydrogen-bond donors (Lipinski definition) is 0. The number of hydrogen-bond acceptors (Lipinski definition) is 4. The molecule has 0 aliphatic carbocycles. The fourth-order valence-electron chi connectivity index (χ4n) is 2.73. The Balaban J connectivity index is 2.70. The summed E-state index contributed by atoms with van der Waals surface area (Å²) in [5, 5.41) is 0. The largest absolute Gasteiger partial charge is 0.466 e. The maximum absolute atomic E-state index is 12.1. The molecule has 0 amide bonds. The van der Waals surface area contributed by atoms with Crippen LogP contribution >= 0.6 is 0 Å². The molecule has 0 aliphatic rings. The normalized spacial score (nSPS) is 10.9. The fourth-order valence-corrected chi connectivity index (χ4v) is 2.73. The van der Waals surface area contributed by atoms with Gasteiger partial charge in [-0.05, 0) is 40.3 Å². The highest BCUT2D eigenvalue weighted by Crippen LogP contribution is 2.33. The molecule has 0 saturated carbocycles. The molecule has 0 saturated heterocycles. The zero-order valence-electron chi connectivity index (χ0n) is 14.9. The SMILES string of the molecule is COC(=O)/C=C/c1c(-c2ccccc2C(=O)OC)cccc1C(C)C. The lowest BCUT2D eigenvalue weighted by atomic mass is 9.88. The summed E-state index contributed by atoms with van der Waals surface area (Å²) < 4.78 is 9.60. The summed E-state index contributed by atoms with van der Waals surface area (Å²) in [5.74, 6) is -0.568. The van der Waals surface area contributed by atoms with Gasteiger partial charge < -0.3 is 9.47 Å². The minimum absolute atomic E-state index is 0.252. The molecule has 0 bridgehead atoms. The van der Waals surface area contributed by atoms with Gasteiger partial charge in [-0.2, -0.15) is 0 Å². The van der Waals surface area contributed by atoms with Gasteiger partial charge >= 0.3 is 11.9 Å². The Morgan fingerprint density at radius 1 is 0.920 bits per heavy atom. The second-order valence-electron chi connectivity index (χ2n) is 5.86. The second kappa shape index (κ2) is 8.29. The number of methoxy groups -OCH3 is 2. The van der Waals surface area contributed by atoms with Gasteiger partial charge in [0.1, 0.15) is 0 Å². The molecular weight excluding hydrogens is 316 g/mol. The predicted molar refractivity (Wildman–Crippen MR) is 98.4 cm³/mol. The third-order valence-corrected chi connectivity index (χ3v) is 3.97. The average molecular weight is 338 g/mol. The van der Waals surface area contributed by atoms with Crippen LogP contribution < -0.4 is 0 Å². The molecule has 0 aliphatic heterocycles. The van der Waals surface area contributed by atoms with Crippen molar-refractivity contribution in [1.29, 1.82) is 0 Å². The van der Waals surface area contributed by atoms with E-state index in [2.05, 4.69) is 13.8 Å². The van der Waals surface area contributed by atoms with E-state index < -0.39 is 11.9 Å². The van der Waals surface area contributed by atoms with E-state index in [4.69, 9.17) is 9.47 Å². The molecule has 0 unspecified atom stereocenters. The van der Waals surface area contributed by atoms with E-state index in [1.807, 2.05) is 30.3 Å². The van der Waals surface area contributed by atoms with Gasteiger partial charge in [0.15, 0.2) is 0 Å². The van der Waals surface area contributed by atoms with Crippen LogP contribution in [0.1, 0.15) is 41.3 Å². The Morgan fingerprint density at radius 3 is 2.24 bits per heavy atom. The molecule has 130 valence electrons. The standard InChI is InChI=1S/C21H22O4/c1-14(2)15-10-7-11-16(18(15)12-13-20(22)24-3)17-8-5-6-9-19(17)21(23)25-4/h5-14H,1-4H3/b13-12+. The Morgan fingerprint density at radius 2 is 1.60 bits per heavy atom. The monoisotopic (exact) mass is 338 g/mol. The van der Waals surface area contributed by atoms with Gasteiger partial charge in [0.05, 0.1) is 19.8 Å². The van der Waals surface area contributed by atoms with E-state index in [0.717, 1.165) is 22.3 Å². The quantitative estimate of drug-likeness (QED) is 0.597. The second-order valence-corrected chi connectivity index (χ2v) is 5.86. The maximum Gasteiger partial charge on any atom is 0.338 e. The summed E-state index contributed by atoms with van der Waals surface area (Å²) in [6.07, 6.45) is 3.13. The van der Waals surface area contributed by atoms with E-state index in [-0.39, 0.29) is 5.92 Å². The van der Waals surface area contributed by atoms with Gasteiger partial charge in [0, 0.05) is 6.08 Å². The van der Waals surface area contributed by atoms with Gasteiger partial charge in [0.2, 0.25) is 0 Å². The summed E-state index contributed by atoms with van der Waals surface area (Å²) in [7, 11) is 2.70. The predicted octanol–water partition coefficient (Wildman–Crippen LogP) is 4.45. The average Bonchev–Trinajstić information content (AvgIpc) is 2.64. The zero-order valence-corrected chi connectivity index (χ0v) is 14.9. The van der Waals surface area contributed by atoms with Crippen LogP contribution in [-0.2, 0) is 14.3 Å². The topological polar surface area (TPSA) is 52.6 Å². The van der Waals surface area contributed by atoms with Crippen molar-refractivity contribution >= 4 is 18.0 Å². The molecule has 0 spiro atoms. The molecule has 0 fully saturated rings. The molecule has 4 heteroatoms. The molecule has 4 nitrogen and oxygen atoms in total. The first kappa shape index (κ1) is 18.5. The van der Waals surface area contributed by atoms with Crippen LogP contribution in [-0.4, -0.2) is 26.2 Å². The lowest BCUT2D eigenvalue weighted by molar-refractivity contribution is -0.134. The van der Waals surface area contributed by atoms with E-state index in [1.54, 1.807) is 18.2 Å². The number of benzene rings is 2. The molecule has 0 N–H and O–H groups in total. The number of carbonyl (C=O) groups excluding carboxylic acids is 2. The minimum atomic E-state index is -0.425. The molecule has 25 heavy (non-hydrogen) atoms. The molecule has 2 aromatic rings. The van der Waals surface area contributed by atoms with Crippen molar-refractivity contribution in [1.82, 2.24) is 0 Å². The zero-order chi connectivity index (χ0) is 18.4. The maximum atomic E-state index is 12.1. The third kappa shape index (κ3) is 4.15. The fraction of sp³-hybridized carbons (Fsp3) is 0.238. The number of carbonyl (C=O) groups is 2. The first-order valence-corrected chi connectivity index (χ1v) is 8.06. The van der Waals surface area contributed by atoms with Crippen molar-refractivity contribution in [3.63, 3.8) is 0 Å². The van der Waals surface area contributed by atoms with Crippen molar-refractivity contribution < 1.29 is 19.1 Å². The van der Waals surface area contributed by atoms with Crippen LogP contribution in [0.4, 0.5) is 0 Å². The molecule has 0 heterocycles. The van der Waals surface area contributed by atoms with Crippen LogP contribution in [0.25, 0.3) is 17.2 Å². The minimum Gasteiger partial charge on any atom is -0.466 e. The summed E-state index contributed by atoms with van der Waals surface area (Å²) in [4.78, 5) is 23.7. The van der Waals surface area contributed by atoms with Crippen LogP contribution in [0.5, 0.6) is 0 Å². The summed E-state index contributed by atoms with van der Waals surface area (Å²) in [6.45, 7) is 4.17. The molecule has 0 radical (unpaired) electrons. The molecule has 0 atom stereocenters. The summed E-state index contributed by atoms with van der Waals surface area (Å²) >= 11 is 0. The Hall–Kier alpha value is -2.88. The smallest absolute Gasteiger partial charge is 0.338 e. The van der Waals surface area contributed by atoms with E-state index in [1.165, 1.54) is 20.3 Å². The van der Waals surface area contributed by atoms with E-state index in [9.17, 15) is 9.59 Å². The van der Waals surface area contributed by atoms with Crippen molar-refractivity contribution in [2.75, 3.05) is 14.2 Å². The summed E-state index contributed by atoms with van der Waals surface area (Å²) in [6, 6.07) is 13.2. The van der Waals surface area contributed by atoms with Gasteiger partial charge in [0.25, 0.3) is 0 Å². The molecule has 2 rings (SSSR count). The van der Waals surface area contributed by atoms with Gasteiger partial charge in [-0.1, -0.05) is 50.2 Å². The first-order chi connectivity index (χ1) is 12.0. The highest BCUT2D eigenvalue weighted by atomic mass is 16.5. The van der Waals surface area contributed by atoms with E-state index >= 15 is 0 Å². The van der Waals surface area contributed by atoms with Crippen molar-refractivity contribution in [3.05, 3.63) is 65.2 Å². The molecule has 0 aromatic heterocycles. The van der Waals surface area contributed by atoms with E-state index in [0.29, 0.717) is 5.56 Å². The lowest BCUT2D eigenvalue weighted by Crippen LogP contribution is -2.05. The van der Waals surface area contributed by atoms with Crippen molar-refractivity contribution in [2.45, 2.75) is 19.8 Å². The first-order valence-electron chi connectivity index (χ1n) is 8.06. The van der Waals surface area contributed by atoms with Crippen LogP contribution in [0, 0.1) is 0 Å². The van der Waals surface area contributed by atoms with Gasteiger partial charge in [-0.25, -0.2) is 9.59 Å². The third-order valence-electron chi connectivity index (χ3n) is 3.97. The highest BCUT2D eigenvalue weighted by Gasteiger charge is 2.17. The van der Waals surface area contributed by atoms with Crippen LogP contribution in [0.15, 0.2) is 48.5 Å². The Kier molecular flexibility index (Phi) is 6.12. The molecular formula is C21H22O4. The lowest BCUT2D eigenvalue weighted by Gasteiger charge is -2.16. The number of esters is 2. The summed E-state index contributed by atoms with van der Waals surface area (Å²) in [5.41, 5.74) is 4.09. The van der Waals surface area contributed by atoms with Crippen molar-refractivity contribution in [2.24, 2.45) is 0 Å². The Bertz CT molecular complexity index is 803. The number of ether oxygens (including phenoxy) is 2. The highest BCUT2D eigenvalue weighted by molar-refractivity contribution is 5.99. The van der Waals surface area contributed by atoms with Crippen molar-refractivity contribution in [3.8, 4) is 11.1 Å².